The van der Waals surface area contributed by atoms with E-state index in [1.54, 1.807) is 0 Å². The van der Waals surface area contributed by atoms with Crippen molar-refractivity contribution >= 4 is 11.4 Å². The molecule has 1 aromatic carbocycles. The van der Waals surface area contributed by atoms with Crippen LogP contribution >= 0.6 is 0 Å². The number of hydrogen-bond donors (Lipinski definition) is 0. The first-order valence-corrected chi connectivity index (χ1v) is 6.81. The minimum Gasteiger partial charge on any atom is -0.457 e. The molecule has 0 atom stereocenters. The molecule has 1 aliphatic heterocycles. The lowest BCUT2D eigenvalue weighted by Crippen LogP contribution is -2.08. The van der Waals surface area contributed by atoms with Crippen molar-refractivity contribution in [3.63, 3.8) is 0 Å². The smallest absolute Gasteiger partial charge is 0.134 e. The molecule has 0 saturated carbocycles. The standard InChI is InChI=1S/C17H19NO/c1-18(2)15-10-7-14(8-11-15)17-12-9-13-5-3-4-6-16(13)19-17/h6-12H,3-5H2,1-2H3. The largest absolute Gasteiger partial charge is 0.457 e. The lowest BCUT2D eigenvalue weighted by atomic mass is 9.97. The van der Waals surface area contributed by atoms with Crippen LogP contribution in [0, 0.1) is 0 Å². The van der Waals surface area contributed by atoms with Gasteiger partial charge >= 0.3 is 0 Å². The molecule has 0 N–H and O–H groups in total. The molecule has 1 aromatic rings. The first-order chi connectivity index (χ1) is 9.24. The Bertz CT molecular complexity index is 561. The Kier molecular flexibility index (Phi) is 3.16. The minimum absolute atomic E-state index is 0.946. The molecule has 1 aliphatic carbocycles. The van der Waals surface area contributed by atoms with Crippen LogP contribution in [0.25, 0.3) is 5.76 Å². The van der Waals surface area contributed by atoms with E-state index in [9.17, 15) is 0 Å². The first kappa shape index (κ1) is 12.1. The number of ether oxygens (including phenoxy) is 1. The van der Waals surface area contributed by atoms with E-state index in [0.29, 0.717) is 0 Å². The van der Waals surface area contributed by atoms with Crippen molar-refractivity contribution in [3.05, 3.63) is 59.4 Å². The second-order valence-electron chi connectivity index (χ2n) is 5.23. The molecular weight excluding hydrogens is 234 g/mol. The molecule has 2 heteroatoms. The Morgan fingerprint density at radius 3 is 2.53 bits per heavy atom. The third-order valence-electron chi connectivity index (χ3n) is 3.62. The summed E-state index contributed by atoms with van der Waals surface area (Å²) >= 11 is 0. The topological polar surface area (TPSA) is 12.5 Å². The Hall–Kier alpha value is -1.96. The lowest BCUT2D eigenvalue weighted by Gasteiger charge is -2.23. The van der Waals surface area contributed by atoms with Crippen LogP contribution in [0.1, 0.15) is 24.8 Å². The van der Waals surface area contributed by atoms with Gasteiger partial charge in [-0.2, -0.15) is 0 Å². The van der Waals surface area contributed by atoms with Gasteiger partial charge in [-0.05, 0) is 61.3 Å². The molecule has 0 unspecified atom stereocenters. The highest BCUT2D eigenvalue weighted by Gasteiger charge is 2.17. The van der Waals surface area contributed by atoms with Gasteiger partial charge < -0.3 is 9.64 Å². The van der Waals surface area contributed by atoms with Crippen molar-refractivity contribution in [2.24, 2.45) is 0 Å². The number of benzene rings is 1. The average Bonchev–Trinajstić information content (AvgIpc) is 2.47. The van der Waals surface area contributed by atoms with E-state index < -0.39 is 0 Å². The van der Waals surface area contributed by atoms with Crippen molar-refractivity contribution in [1.82, 2.24) is 0 Å². The van der Waals surface area contributed by atoms with E-state index >= 15 is 0 Å². The highest BCUT2D eigenvalue weighted by atomic mass is 16.5. The molecule has 0 aromatic heterocycles. The van der Waals surface area contributed by atoms with Crippen LogP contribution in [0.3, 0.4) is 0 Å². The Morgan fingerprint density at radius 1 is 1.00 bits per heavy atom. The number of fused-ring (bicyclic) bond motifs is 1. The zero-order chi connectivity index (χ0) is 13.2. The fourth-order valence-electron chi connectivity index (χ4n) is 2.46. The summed E-state index contributed by atoms with van der Waals surface area (Å²) in [7, 11) is 4.10. The van der Waals surface area contributed by atoms with Crippen molar-refractivity contribution in [2.75, 3.05) is 19.0 Å². The highest BCUT2D eigenvalue weighted by molar-refractivity contribution is 5.67. The number of allylic oxidation sites excluding steroid dienone is 4. The fourth-order valence-corrected chi connectivity index (χ4v) is 2.46. The van der Waals surface area contributed by atoms with E-state index in [4.69, 9.17) is 4.74 Å². The molecule has 0 amide bonds. The number of anilines is 1. The summed E-state index contributed by atoms with van der Waals surface area (Å²) in [5.74, 6) is 2.00. The van der Waals surface area contributed by atoms with Crippen LogP contribution in [0.4, 0.5) is 5.69 Å². The quantitative estimate of drug-likeness (QED) is 0.786. The minimum atomic E-state index is 0.946. The molecule has 19 heavy (non-hydrogen) atoms. The van der Waals surface area contributed by atoms with Gasteiger partial charge in [-0.3, -0.25) is 0 Å². The maximum Gasteiger partial charge on any atom is 0.134 e. The second kappa shape index (κ2) is 4.96. The number of rotatable bonds is 2. The number of nitrogens with zero attached hydrogens (tertiary/aromatic N) is 1. The molecule has 2 nitrogen and oxygen atoms in total. The normalized spacial score (nSPS) is 17.7. The SMILES string of the molecule is CN(C)c1ccc(C2=CC=C3CCCC=C3O2)cc1. The van der Waals surface area contributed by atoms with Gasteiger partial charge in [0.15, 0.2) is 0 Å². The van der Waals surface area contributed by atoms with Crippen LogP contribution in [-0.4, -0.2) is 14.1 Å². The maximum atomic E-state index is 6.02. The van der Waals surface area contributed by atoms with E-state index in [-0.39, 0.29) is 0 Å². The molecule has 0 spiro atoms. The van der Waals surface area contributed by atoms with Crippen molar-refractivity contribution < 1.29 is 4.74 Å². The van der Waals surface area contributed by atoms with Gasteiger partial charge in [0.25, 0.3) is 0 Å². The molecule has 0 fully saturated rings. The van der Waals surface area contributed by atoms with Crippen molar-refractivity contribution in [3.8, 4) is 0 Å². The molecular formula is C17H19NO. The molecule has 98 valence electrons. The lowest BCUT2D eigenvalue weighted by molar-refractivity contribution is 0.375. The predicted octanol–water partition coefficient (Wildman–Crippen LogP) is 4.12. The van der Waals surface area contributed by atoms with Gasteiger partial charge in [-0.15, -0.1) is 0 Å². The Morgan fingerprint density at radius 2 is 1.79 bits per heavy atom. The summed E-state index contributed by atoms with van der Waals surface area (Å²) in [6, 6.07) is 8.47. The Balaban J connectivity index is 1.87. The van der Waals surface area contributed by atoms with Gasteiger partial charge in [0.2, 0.25) is 0 Å². The van der Waals surface area contributed by atoms with Crippen LogP contribution in [0.15, 0.2) is 53.8 Å². The van der Waals surface area contributed by atoms with Crippen LogP contribution in [0.5, 0.6) is 0 Å². The van der Waals surface area contributed by atoms with Gasteiger partial charge in [-0.25, -0.2) is 0 Å². The van der Waals surface area contributed by atoms with Crippen molar-refractivity contribution in [1.29, 1.82) is 0 Å². The third-order valence-corrected chi connectivity index (χ3v) is 3.62. The highest BCUT2D eigenvalue weighted by Crippen LogP contribution is 2.33. The number of hydrogen-bond acceptors (Lipinski definition) is 2. The van der Waals surface area contributed by atoms with Crippen molar-refractivity contribution in [2.45, 2.75) is 19.3 Å². The van der Waals surface area contributed by atoms with Crippen LogP contribution in [0.2, 0.25) is 0 Å². The summed E-state index contributed by atoms with van der Waals surface area (Å²) in [5, 5.41) is 0. The Labute approximate surface area is 114 Å². The monoisotopic (exact) mass is 253 g/mol. The van der Waals surface area contributed by atoms with Gasteiger partial charge in [0, 0.05) is 25.3 Å². The first-order valence-electron chi connectivity index (χ1n) is 6.81. The van der Waals surface area contributed by atoms with Crippen LogP contribution in [-0.2, 0) is 4.74 Å². The van der Waals surface area contributed by atoms with Gasteiger partial charge in [0.05, 0.1) is 0 Å². The average molecular weight is 253 g/mol. The van der Waals surface area contributed by atoms with E-state index in [1.165, 1.54) is 17.7 Å². The summed E-state index contributed by atoms with van der Waals surface area (Å²) in [6.07, 6.45) is 9.98. The molecule has 2 aliphatic rings. The fraction of sp³-hybridized carbons (Fsp3) is 0.294. The zero-order valence-electron chi connectivity index (χ0n) is 11.5. The van der Waals surface area contributed by atoms with E-state index in [0.717, 1.165) is 29.9 Å². The molecule has 0 saturated heterocycles. The second-order valence-corrected chi connectivity index (χ2v) is 5.23. The third kappa shape index (κ3) is 2.43. The summed E-state index contributed by atoms with van der Waals surface area (Å²) in [6.45, 7) is 0. The molecule has 3 rings (SSSR count). The summed E-state index contributed by atoms with van der Waals surface area (Å²) in [4.78, 5) is 2.10. The van der Waals surface area contributed by atoms with Crippen LogP contribution < -0.4 is 4.90 Å². The predicted molar refractivity (Wildman–Crippen MR) is 79.8 cm³/mol. The maximum absolute atomic E-state index is 6.02. The van der Waals surface area contributed by atoms with E-state index in [1.807, 2.05) is 14.1 Å². The zero-order valence-corrected chi connectivity index (χ0v) is 11.5. The molecule has 1 heterocycles. The van der Waals surface area contributed by atoms with Gasteiger partial charge in [0.1, 0.15) is 11.5 Å². The van der Waals surface area contributed by atoms with Gasteiger partial charge in [-0.1, -0.05) is 6.08 Å². The molecule has 0 radical (unpaired) electrons. The summed E-state index contributed by atoms with van der Waals surface area (Å²) < 4.78 is 6.02. The summed E-state index contributed by atoms with van der Waals surface area (Å²) in [5.41, 5.74) is 3.67. The van der Waals surface area contributed by atoms with E-state index in [2.05, 4.69) is 47.4 Å². The molecule has 0 bridgehead atoms.